The number of aromatic nitrogens is 2. The van der Waals surface area contributed by atoms with Gasteiger partial charge in [0.05, 0.1) is 10.5 Å². The molecule has 1 aliphatic rings. The summed E-state index contributed by atoms with van der Waals surface area (Å²) in [5, 5.41) is 11.1. The Morgan fingerprint density at radius 3 is 2.57 bits per heavy atom. The van der Waals surface area contributed by atoms with Gasteiger partial charge in [-0.1, -0.05) is 23.7 Å². The first-order valence-corrected chi connectivity index (χ1v) is 8.87. The Morgan fingerprint density at radius 1 is 1.29 bits per heavy atom. The summed E-state index contributed by atoms with van der Waals surface area (Å²) in [7, 11) is 0. The quantitative estimate of drug-likeness (QED) is 0.403. The second-order valence-corrected chi connectivity index (χ2v) is 6.71. The van der Waals surface area contributed by atoms with Crippen molar-refractivity contribution < 1.29 is 18.1 Å². The Hall–Kier alpha value is -2.68. The summed E-state index contributed by atoms with van der Waals surface area (Å²) < 4.78 is 39.5. The SMILES string of the molecule is Cc1nc(Cl)c([N+](=O)[O-])c(/C=C(/c2cccc(C(F)(F)F)c2)N2CCCC2)n1. The first-order valence-electron chi connectivity index (χ1n) is 8.49. The second kappa shape index (κ2) is 7.75. The third-order valence-corrected chi connectivity index (χ3v) is 4.63. The summed E-state index contributed by atoms with van der Waals surface area (Å²) in [6.07, 6.45) is -1.32. The number of hydrogen-bond donors (Lipinski definition) is 0. The first-order chi connectivity index (χ1) is 13.2. The molecule has 0 unspecified atom stereocenters. The van der Waals surface area contributed by atoms with Gasteiger partial charge in [0.25, 0.3) is 0 Å². The second-order valence-electron chi connectivity index (χ2n) is 6.35. The van der Waals surface area contributed by atoms with Gasteiger partial charge in [-0.25, -0.2) is 9.97 Å². The van der Waals surface area contributed by atoms with E-state index in [1.807, 2.05) is 4.90 Å². The van der Waals surface area contributed by atoms with Crippen LogP contribution in [0.4, 0.5) is 18.9 Å². The fraction of sp³-hybridized carbons (Fsp3) is 0.333. The van der Waals surface area contributed by atoms with Gasteiger partial charge in [0.2, 0.25) is 5.15 Å². The lowest BCUT2D eigenvalue weighted by Gasteiger charge is -2.23. The molecule has 3 rings (SSSR count). The zero-order valence-electron chi connectivity index (χ0n) is 14.8. The average molecular weight is 413 g/mol. The van der Waals surface area contributed by atoms with Crippen molar-refractivity contribution in [2.45, 2.75) is 25.9 Å². The number of nitrogens with zero attached hydrogens (tertiary/aromatic N) is 4. The lowest BCUT2D eigenvalue weighted by atomic mass is 10.1. The molecule has 0 radical (unpaired) electrons. The van der Waals surface area contributed by atoms with Gasteiger partial charge >= 0.3 is 11.9 Å². The maximum absolute atomic E-state index is 13.2. The number of alkyl halides is 3. The van der Waals surface area contributed by atoms with Crippen molar-refractivity contribution in [3.8, 4) is 0 Å². The molecule has 0 saturated carbocycles. The fourth-order valence-corrected chi connectivity index (χ4v) is 3.41. The molecule has 0 bridgehead atoms. The Morgan fingerprint density at radius 2 is 1.96 bits per heavy atom. The normalized spacial score (nSPS) is 15.2. The molecule has 28 heavy (non-hydrogen) atoms. The van der Waals surface area contributed by atoms with Gasteiger partial charge in [-0.2, -0.15) is 13.2 Å². The predicted molar refractivity (Wildman–Crippen MR) is 98.6 cm³/mol. The number of aryl methyl sites for hydroxylation is 1. The molecular formula is C18H16ClF3N4O2. The number of halogens is 4. The number of hydrogen-bond acceptors (Lipinski definition) is 5. The van der Waals surface area contributed by atoms with Crippen molar-refractivity contribution in [3.05, 3.63) is 62.2 Å². The molecule has 0 atom stereocenters. The Bertz CT molecular complexity index is 941. The molecule has 1 aromatic heterocycles. The van der Waals surface area contributed by atoms with Crippen LogP contribution in [0, 0.1) is 17.0 Å². The number of benzene rings is 1. The van der Waals surface area contributed by atoms with Gasteiger partial charge < -0.3 is 4.90 Å². The lowest BCUT2D eigenvalue weighted by molar-refractivity contribution is -0.385. The molecule has 148 valence electrons. The van der Waals surface area contributed by atoms with Crippen molar-refractivity contribution >= 4 is 29.1 Å². The summed E-state index contributed by atoms with van der Waals surface area (Å²) in [6, 6.07) is 4.88. The largest absolute Gasteiger partial charge is 0.416 e. The number of likely N-dealkylation sites (tertiary alicyclic amines) is 1. The summed E-state index contributed by atoms with van der Waals surface area (Å²) in [5.41, 5.74) is -0.571. The van der Waals surface area contributed by atoms with E-state index in [-0.39, 0.29) is 16.7 Å². The molecule has 0 amide bonds. The van der Waals surface area contributed by atoms with Crippen LogP contribution in [-0.4, -0.2) is 32.9 Å². The van der Waals surface area contributed by atoms with Gasteiger partial charge in [-0.05, 0) is 43.5 Å². The van der Waals surface area contributed by atoms with E-state index in [1.165, 1.54) is 19.1 Å². The van der Waals surface area contributed by atoms with Crippen molar-refractivity contribution in [2.24, 2.45) is 0 Å². The minimum Gasteiger partial charge on any atom is -0.371 e. The van der Waals surface area contributed by atoms with Gasteiger partial charge in [0.1, 0.15) is 11.5 Å². The van der Waals surface area contributed by atoms with Gasteiger partial charge in [-0.15, -0.1) is 0 Å². The van der Waals surface area contributed by atoms with Gasteiger partial charge in [0.15, 0.2) is 0 Å². The average Bonchev–Trinajstić information content (AvgIpc) is 3.12. The minimum absolute atomic E-state index is 0.0400. The highest BCUT2D eigenvalue weighted by atomic mass is 35.5. The van der Waals surface area contributed by atoms with Crippen LogP contribution >= 0.6 is 11.6 Å². The van der Waals surface area contributed by atoms with Crippen LogP contribution in [0.25, 0.3) is 11.8 Å². The first kappa shape index (κ1) is 20.1. The van der Waals surface area contributed by atoms with Crippen molar-refractivity contribution in [1.29, 1.82) is 0 Å². The summed E-state index contributed by atoms with van der Waals surface area (Å²) in [4.78, 5) is 20.5. The Kier molecular flexibility index (Phi) is 5.55. The standard InChI is InChI=1S/C18H16ClF3N4O2/c1-11-23-14(16(26(27)28)17(19)24-11)10-15(25-7-2-3-8-25)12-5-4-6-13(9-12)18(20,21)22/h4-6,9-10H,2-3,7-8H2,1H3/b15-10-. The molecule has 2 heterocycles. The molecule has 0 spiro atoms. The van der Waals surface area contributed by atoms with E-state index in [2.05, 4.69) is 9.97 Å². The van der Waals surface area contributed by atoms with E-state index < -0.39 is 22.4 Å². The zero-order valence-corrected chi connectivity index (χ0v) is 15.6. The van der Waals surface area contributed by atoms with E-state index in [9.17, 15) is 23.3 Å². The molecule has 10 heteroatoms. The fourth-order valence-electron chi connectivity index (χ4n) is 3.12. The van der Waals surface area contributed by atoms with Crippen molar-refractivity contribution in [2.75, 3.05) is 13.1 Å². The highest BCUT2D eigenvalue weighted by Crippen LogP contribution is 2.35. The van der Waals surface area contributed by atoms with Crippen LogP contribution in [-0.2, 0) is 6.18 Å². The monoisotopic (exact) mass is 412 g/mol. The molecule has 6 nitrogen and oxygen atoms in total. The molecule has 1 fully saturated rings. The summed E-state index contributed by atoms with van der Waals surface area (Å²) in [5.74, 6) is 0.228. The van der Waals surface area contributed by atoms with Crippen LogP contribution in [0.15, 0.2) is 24.3 Å². The lowest BCUT2D eigenvalue weighted by Crippen LogP contribution is -2.18. The van der Waals surface area contributed by atoms with E-state index in [0.29, 0.717) is 24.4 Å². The number of nitro groups is 1. The maximum Gasteiger partial charge on any atom is 0.416 e. The predicted octanol–water partition coefficient (Wildman–Crippen LogP) is 4.96. The van der Waals surface area contributed by atoms with E-state index >= 15 is 0 Å². The molecule has 2 aromatic rings. The van der Waals surface area contributed by atoms with E-state index in [4.69, 9.17) is 11.6 Å². The third kappa shape index (κ3) is 4.24. The van der Waals surface area contributed by atoms with Crippen LogP contribution in [0.1, 0.15) is 35.5 Å². The molecule has 1 saturated heterocycles. The summed E-state index contributed by atoms with van der Waals surface area (Å²) in [6.45, 7) is 2.80. The Balaban J connectivity index is 2.19. The van der Waals surface area contributed by atoms with Crippen molar-refractivity contribution in [1.82, 2.24) is 14.9 Å². The molecule has 1 aromatic carbocycles. The number of rotatable bonds is 4. The van der Waals surface area contributed by atoms with Crippen LogP contribution < -0.4 is 0 Å². The highest BCUT2D eigenvalue weighted by Gasteiger charge is 2.31. The molecular weight excluding hydrogens is 397 g/mol. The van der Waals surface area contributed by atoms with E-state index in [1.54, 1.807) is 6.07 Å². The Labute approximate surface area is 163 Å². The molecule has 0 N–H and O–H groups in total. The van der Waals surface area contributed by atoms with Gasteiger partial charge in [0, 0.05) is 18.8 Å². The molecule has 0 aliphatic carbocycles. The van der Waals surface area contributed by atoms with Crippen LogP contribution in [0.3, 0.4) is 0 Å². The summed E-state index contributed by atoms with van der Waals surface area (Å²) >= 11 is 5.92. The zero-order chi connectivity index (χ0) is 20.5. The van der Waals surface area contributed by atoms with E-state index in [0.717, 1.165) is 25.0 Å². The molecule has 1 aliphatic heterocycles. The highest BCUT2D eigenvalue weighted by molar-refractivity contribution is 6.31. The topological polar surface area (TPSA) is 72.2 Å². The minimum atomic E-state index is -4.49. The maximum atomic E-state index is 13.2. The van der Waals surface area contributed by atoms with Crippen molar-refractivity contribution in [3.63, 3.8) is 0 Å². The smallest absolute Gasteiger partial charge is 0.371 e. The van der Waals surface area contributed by atoms with Crippen LogP contribution in [0.2, 0.25) is 5.15 Å². The van der Waals surface area contributed by atoms with Gasteiger partial charge in [-0.3, -0.25) is 10.1 Å². The van der Waals surface area contributed by atoms with Crippen LogP contribution in [0.5, 0.6) is 0 Å². The third-order valence-electron chi connectivity index (χ3n) is 4.37.